The molecule has 3 aromatic rings. The number of nitrogen functional groups attached to an aromatic ring is 1. The molecule has 178 valence electrons. The van der Waals surface area contributed by atoms with Crippen LogP contribution in [0.5, 0.6) is 11.5 Å². The van der Waals surface area contributed by atoms with Crippen molar-refractivity contribution in [1.82, 2.24) is 9.97 Å². The third-order valence-electron chi connectivity index (χ3n) is 4.82. The molecule has 0 unspecified atom stereocenters. The standard InChI is InChI=1S/C22H22N4O8/c1-4-29-22(28)18-12(3)34-21-19(18)20(23)24-16(25-21)8-30-17(27)9-33-26-11(2)13-5-6-14-15(7-13)32-10-31-14/h5-7H,4,8-10H2,1-3H3,(H2,23,24,25)/b26-11+. The van der Waals surface area contributed by atoms with E-state index in [1.807, 2.05) is 0 Å². The van der Waals surface area contributed by atoms with Crippen LogP contribution in [0.1, 0.15) is 41.4 Å². The minimum atomic E-state index is -0.688. The van der Waals surface area contributed by atoms with Gasteiger partial charge in [0.2, 0.25) is 19.1 Å². The molecule has 1 aliphatic heterocycles. The summed E-state index contributed by atoms with van der Waals surface area (Å²) in [5, 5.41) is 4.18. The van der Waals surface area contributed by atoms with Crippen LogP contribution < -0.4 is 15.2 Å². The highest BCUT2D eigenvalue weighted by molar-refractivity contribution is 6.07. The molecule has 0 spiro atoms. The Hall–Kier alpha value is -4.35. The normalized spacial score (nSPS) is 12.6. The van der Waals surface area contributed by atoms with Gasteiger partial charge in [0.25, 0.3) is 0 Å². The first kappa shape index (κ1) is 22.8. The predicted molar refractivity (Wildman–Crippen MR) is 117 cm³/mol. The second-order valence-corrected chi connectivity index (χ2v) is 7.14. The molecule has 0 aliphatic carbocycles. The van der Waals surface area contributed by atoms with Crippen LogP contribution in [0, 0.1) is 6.92 Å². The fourth-order valence-electron chi connectivity index (χ4n) is 3.24. The van der Waals surface area contributed by atoms with Crippen molar-refractivity contribution in [3.05, 3.63) is 40.9 Å². The van der Waals surface area contributed by atoms with Gasteiger partial charge in [-0.3, -0.25) is 0 Å². The maximum atomic E-state index is 12.2. The van der Waals surface area contributed by atoms with Crippen LogP contribution in [0.2, 0.25) is 0 Å². The monoisotopic (exact) mass is 470 g/mol. The van der Waals surface area contributed by atoms with Crippen molar-refractivity contribution in [2.75, 3.05) is 25.7 Å². The zero-order chi connectivity index (χ0) is 24.2. The van der Waals surface area contributed by atoms with Crippen LogP contribution in [0.3, 0.4) is 0 Å². The van der Waals surface area contributed by atoms with Gasteiger partial charge >= 0.3 is 11.9 Å². The lowest BCUT2D eigenvalue weighted by molar-refractivity contribution is -0.150. The van der Waals surface area contributed by atoms with E-state index in [0.29, 0.717) is 23.0 Å². The van der Waals surface area contributed by atoms with Crippen LogP contribution >= 0.6 is 0 Å². The number of aryl methyl sites for hydroxylation is 1. The fraction of sp³-hybridized carbons (Fsp3) is 0.318. The molecule has 4 rings (SSSR count). The van der Waals surface area contributed by atoms with Gasteiger partial charge in [0.1, 0.15) is 17.1 Å². The lowest BCUT2D eigenvalue weighted by Crippen LogP contribution is -2.13. The Balaban J connectivity index is 1.35. The quantitative estimate of drug-likeness (QED) is 0.293. The Morgan fingerprint density at radius 3 is 2.76 bits per heavy atom. The number of nitrogens with zero attached hydrogens (tertiary/aromatic N) is 3. The number of aromatic nitrogens is 2. The molecule has 0 atom stereocenters. The first-order valence-corrected chi connectivity index (χ1v) is 10.3. The number of oxime groups is 1. The largest absolute Gasteiger partial charge is 0.462 e. The van der Waals surface area contributed by atoms with Gasteiger partial charge in [0.15, 0.2) is 23.9 Å². The molecule has 12 heteroatoms. The fourth-order valence-corrected chi connectivity index (χ4v) is 3.24. The Labute approximate surface area is 193 Å². The predicted octanol–water partition coefficient (Wildman–Crippen LogP) is 2.50. The summed E-state index contributed by atoms with van der Waals surface area (Å²) in [6, 6.07) is 5.34. The van der Waals surface area contributed by atoms with Gasteiger partial charge in [-0.05, 0) is 39.0 Å². The summed E-state index contributed by atoms with van der Waals surface area (Å²) in [6.45, 7) is 4.68. The van der Waals surface area contributed by atoms with E-state index in [1.54, 1.807) is 39.0 Å². The molecule has 0 radical (unpaired) electrons. The van der Waals surface area contributed by atoms with Crippen molar-refractivity contribution in [2.24, 2.45) is 5.16 Å². The SMILES string of the molecule is CCOC(=O)c1c(C)oc2nc(COC(=O)CO/N=C(\C)c3ccc4c(c3)OCO4)nc(N)c12. The number of furan rings is 1. The Morgan fingerprint density at radius 2 is 1.97 bits per heavy atom. The highest BCUT2D eigenvalue weighted by atomic mass is 16.7. The average Bonchev–Trinajstić information content (AvgIpc) is 3.41. The topological polar surface area (TPSA) is 158 Å². The summed E-state index contributed by atoms with van der Waals surface area (Å²) in [6.07, 6.45) is 0. The minimum Gasteiger partial charge on any atom is -0.462 e. The van der Waals surface area contributed by atoms with Crippen molar-refractivity contribution in [1.29, 1.82) is 0 Å². The molecule has 1 aromatic carbocycles. The van der Waals surface area contributed by atoms with Crippen molar-refractivity contribution in [2.45, 2.75) is 27.4 Å². The lowest BCUT2D eigenvalue weighted by atomic mass is 10.1. The van der Waals surface area contributed by atoms with E-state index in [9.17, 15) is 9.59 Å². The highest BCUT2D eigenvalue weighted by Gasteiger charge is 2.24. The number of nitrogens with two attached hydrogens (primary N) is 1. The molecule has 0 bridgehead atoms. The highest BCUT2D eigenvalue weighted by Crippen LogP contribution is 2.32. The van der Waals surface area contributed by atoms with Gasteiger partial charge in [-0.25, -0.2) is 14.6 Å². The van der Waals surface area contributed by atoms with Crippen LogP contribution in [0.25, 0.3) is 11.1 Å². The number of benzene rings is 1. The third kappa shape index (κ3) is 4.70. The number of hydrogen-bond donors (Lipinski definition) is 1. The van der Waals surface area contributed by atoms with Crippen molar-refractivity contribution >= 4 is 34.6 Å². The van der Waals surface area contributed by atoms with Crippen molar-refractivity contribution in [3.8, 4) is 11.5 Å². The average molecular weight is 470 g/mol. The number of carbonyl (C=O) groups excluding carboxylic acids is 2. The van der Waals surface area contributed by atoms with E-state index in [2.05, 4.69) is 15.1 Å². The molecule has 3 heterocycles. The molecule has 1 aliphatic rings. The number of carbonyl (C=O) groups is 2. The third-order valence-corrected chi connectivity index (χ3v) is 4.82. The van der Waals surface area contributed by atoms with Gasteiger partial charge in [-0.1, -0.05) is 5.16 Å². The van der Waals surface area contributed by atoms with Gasteiger partial charge in [-0.15, -0.1) is 0 Å². The minimum absolute atomic E-state index is 0.0103. The van der Waals surface area contributed by atoms with E-state index < -0.39 is 18.5 Å². The maximum absolute atomic E-state index is 12.2. The maximum Gasteiger partial charge on any atom is 0.347 e. The van der Waals surface area contributed by atoms with E-state index in [1.165, 1.54) is 0 Å². The summed E-state index contributed by atoms with van der Waals surface area (Å²) < 4.78 is 26.3. The van der Waals surface area contributed by atoms with Crippen LogP contribution in [0.4, 0.5) is 5.82 Å². The summed E-state index contributed by atoms with van der Waals surface area (Å²) in [4.78, 5) is 37.6. The zero-order valence-corrected chi connectivity index (χ0v) is 18.7. The Bertz CT molecular complexity index is 1280. The number of anilines is 1. The van der Waals surface area contributed by atoms with Gasteiger partial charge in [0.05, 0.1) is 17.7 Å². The molecule has 34 heavy (non-hydrogen) atoms. The molecule has 0 saturated heterocycles. The van der Waals surface area contributed by atoms with Gasteiger partial charge < -0.3 is 33.9 Å². The molecule has 0 fully saturated rings. The Kier molecular flexibility index (Phi) is 6.48. The Morgan fingerprint density at radius 1 is 1.18 bits per heavy atom. The summed E-state index contributed by atoms with van der Waals surface area (Å²) >= 11 is 0. The molecule has 2 aromatic heterocycles. The second-order valence-electron chi connectivity index (χ2n) is 7.14. The van der Waals surface area contributed by atoms with Gasteiger partial charge in [-0.2, -0.15) is 4.98 Å². The van der Waals surface area contributed by atoms with E-state index in [4.69, 9.17) is 33.9 Å². The molecular weight excluding hydrogens is 448 g/mol. The molecule has 2 N–H and O–H groups in total. The van der Waals surface area contributed by atoms with E-state index in [-0.39, 0.29) is 48.3 Å². The smallest absolute Gasteiger partial charge is 0.347 e. The molecule has 12 nitrogen and oxygen atoms in total. The van der Waals surface area contributed by atoms with E-state index in [0.717, 1.165) is 5.56 Å². The summed E-state index contributed by atoms with van der Waals surface area (Å²) in [5.74, 6) is 0.411. The van der Waals surface area contributed by atoms with Crippen molar-refractivity contribution in [3.63, 3.8) is 0 Å². The zero-order valence-electron chi connectivity index (χ0n) is 18.7. The lowest BCUT2D eigenvalue weighted by Gasteiger charge is -2.06. The van der Waals surface area contributed by atoms with Crippen molar-refractivity contribution < 1.29 is 37.8 Å². The van der Waals surface area contributed by atoms with Crippen LogP contribution in [-0.4, -0.2) is 47.6 Å². The number of fused-ring (bicyclic) bond motifs is 2. The molecule has 0 saturated carbocycles. The number of ether oxygens (including phenoxy) is 4. The van der Waals surface area contributed by atoms with Crippen LogP contribution in [-0.2, 0) is 25.7 Å². The van der Waals surface area contributed by atoms with Gasteiger partial charge in [0, 0.05) is 5.56 Å². The number of hydrogen-bond acceptors (Lipinski definition) is 12. The number of esters is 2. The molecule has 0 amide bonds. The first-order chi connectivity index (χ1) is 16.4. The summed E-state index contributed by atoms with van der Waals surface area (Å²) in [5.41, 5.74) is 7.56. The molecular formula is C22H22N4O8. The first-order valence-electron chi connectivity index (χ1n) is 10.3. The van der Waals surface area contributed by atoms with E-state index >= 15 is 0 Å². The second kappa shape index (κ2) is 9.65. The number of rotatable bonds is 8. The summed E-state index contributed by atoms with van der Waals surface area (Å²) in [7, 11) is 0. The van der Waals surface area contributed by atoms with Crippen LogP contribution in [0.15, 0.2) is 27.8 Å².